The molecule has 3 aromatic rings. The van der Waals surface area contributed by atoms with Crippen molar-refractivity contribution in [3.63, 3.8) is 0 Å². The lowest BCUT2D eigenvalue weighted by Gasteiger charge is -2.24. The van der Waals surface area contributed by atoms with Gasteiger partial charge in [-0.25, -0.2) is 4.68 Å². The van der Waals surface area contributed by atoms with Crippen molar-refractivity contribution in [2.75, 3.05) is 5.32 Å². The van der Waals surface area contributed by atoms with Crippen molar-refractivity contribution in [2.24, 2.45) is 0 Å². The van der Waals surface area contributed by atoms with Crippen molar-refractivity contribution in [3.05, 3.63) is 63.3 Å². The summed E-state index contributed by atoms with van der Waals surface area (Å²) in [5.41, 5.74) is 4.34. The predicted octanol–water partition coefficient (Wildman–Crippen LogP) is 3.46. The van der Waals surface area contributed by atoms with Crippen molar-refractivity contribution < 1.29 is 0 Å². The van der Waals surface area contributed by atoms with E-state index in [-0.39, 0.29) is 6.04 Å². The first-order chi connectivity index (χ1) is 11.7. The van der Waals surface area contributed by atoms with E-state index in [1.807, 2.05) is 16.3 Å². The van der Waals surface area contributed by atoms with Crippen molar-refractivity contribution in [2.45, 2.75) is 26.4 Å². The van der Waals surface area contributed by atoms with Crippen LogP contribution in [-0.4, -0.2) is 24.5 Å². The Balaban J connectivity index is 1.81. The molecule has 7 heteroatoms. The Bertz CT molecular complexity index is 906. The van der Waals surface area contributed by atoms with Crippen LogP contribution in [0.25, 0.3) is 5.70 Å². The normalized spacial score (nSPS) is 16.5. The number of benzene rings is 1. The molecule has 0 fully saturated rings. The van der Waals surface area contributed by atoms with Crippen LogP contribution in [0.5, 0.6) is 0 Å². The Hall–Kier alpha value is -2.16. The van der Waals surface area contributed by atoms with Crippen LogP contribution in [0.3, 0.4) is 0 Å². The van der Waals surface area contributed by atoms with Gasteiger partial charge in [0.05, 0.1) is 5.69 Å². The molecule has 4 rings (SSSR count). The second-order valence-corrected chi connectivity index (χ2v) is 6.96. The lowest BCUT2D eigenvalue weighted by molar-refractivity contribution is 0.607. The van der Waals surface area contributed by atoms with Gasteiger partial charge in [-0.1, -0.05) is 12.1 Å². The van der Waals surface area contributed by atoms with Gasteiger partial charge in [0.2, 0.25) is 5.95 Å². The summed E-state index contributed by atoms with van der Waals surface area (Å²) >= 11 is 2.31. The maximum absolute atomic E-state index is 4.58. The molecule has 0 saturated heterocycles. The zero-order valence-electron chi connectivity index (χ0n) is 13.4. The van der Waals surface area contributed by atoms with Gasteiger partial charge in [0.1, 0.15) is 12.4 Å². The number of anilines is 1. The van der Waals surface area contributed by atoms with Gasteiger partial charge in [0.15, 0.2) is 0 Å². The molecule has 0 radical (unpaired) electrons. The van der Waals surface area contributed by atoms with Gasteiger partial charge in [0.25, 0.3) is 0 Å². The summed E-state index contributed by atoms with van der Waals surface area (Å²) < 4.78 is 5.08. The average Bonchev–Trinajstić information content (AvgIpc) is 3.20. The van der Waals surface area contributed by atoms with Crippen LogP contribution in [0.4, 0.5) is 5.95 Å². The third kappa shape index (κ3) is 2.62. The monoisotopic (exact) mass is 432 g/mol. The second kappa shape index (κ2) is 6.04. The molecular weight excluding hydrogens is 415 g/mol. The molecule has 0 aliphatic carbocycles. The molecule has 1 N–H and O–H groups in total. The van der Waals surface area contributed by atoms with E-state index in [0.717, 1.165) is 35.0 Å². The number of fused-ring (bicyclic) bond motifs is 1. The number of halogens is 1. The van der Waals surface area contributed by atoms with Crippen molar-refractivity contribution in [3.8, 4) is 0 Å². The lowest BCUT2D eigenvalue weighted by atomic mass is 10.0. The molecular formula is C17H17IN6. The number of nitrogens with zero attached hydrogens (tertiary/aromatic N) is 5. The molecule has 1 aliphatic rings. The molecule has 3 heterocycles. The summed E-state index contributed by atoms with van der Waals surface area (Å²) in [5, 5.41) is 12.3. The highest BCUT2D eigenvalue weighted by Crippen LogP contribution is 2.33. The molecule has 1 aromatic carbocycles. The highest BCUT2D eigenvalue weighted by molar-refractivity contribution is 14.1. The van der Waals surface area contributed by atoms with Crippen LogP contribution >= 0.6 is 22.6 Å². The molecule has 1 atom stereocenters. The van der Waals surface area contributed by atoms with E-state index in [0.29, 0.717) is 0 Å². The predicted molar refractivity (Wildman–Crippen MR) is 102 cm³/mol. The molecule has 0 unspecified atom stereocenters. The Morgan fingerprint density at radius 3 is 2.75 bits per heavy atom. The fraction of sp³-hybridized carbons (Fsp3) is 0.235. The van der Waals surface area contributed by atoms with Gasteiger partial charge >= 0.3 is 0 Å². The number of hydrogen-bond donors (Lipinski definition) is 1. The summed E-state index contributed by atoms with van der Waals surface area (Å²) in [6.07, 6.45) is 5.87. The van der Waals surface area contributed by atoms with Gasteiger partial charge in [-0.05, 0) is 60.2 Å². The molecule has 24 heavy (non-hydrogen) atoms. The number of hydrogen-bond acceptors (Lipinski definition) is 4. The van der Waals surface area contributed by atoms with Crippen LogP contribution in [0, 0.1) is 10.5 Å². The summed E-state index contributed by atoms with van der Waals surface area (Å²) in [5.74, 6) is 0.750. The molecule has 6 nitrogen and oxygen atoms in total. The van der Waals surface area contributed by atoms with Gasteiger partial charge in [-0.15, -0.1) is 0 Å². The summed E-state index contributed by atoms with van der Waals surface area (Å²) in [7, 11) is 0. The molecule has 0 spiro atoms. The van der Waals surface area contributed by atoms with Crippen molar-refractivity contribution in [1.29, 1.82) is 0 Å². The Morgan fingerprint density at radius 1 is 1.25 bits per heavy atom. The van der Waals surface area contributed by atoms with Crippen LogP contribution in [0.1, 0.15) is 29.8 Å². The topological polar surface area (TPSA) is 60.6 Å². The highest BCUT2D eigenvalue weighted by atomic mass is 127. The van der Waals surface area contributed by atoms with Gasteiger partial charge in [-0.3, -0.25) is 4.68 Å². The molecule has 0 bridgehead atoms. The Kier molecular flexibility index (Phi) is 3.87. The Morgan fingerprint density at radius 2 is 2.04 bits per heavy atom. The minimum atomic E-state index is -0.0154. The SMILES string of the molecule is CCn1cc([C@H]2C=C(c3ccc(I)cc3)Nc3ncnn32)c(C)n1. The summed E-state index contributed by atoms with van der Waals surface area (Å²) in [4.78, 5) is 4.35. The van der Waals surface area contributed by atoms with E-state index in [9.17, 15) is 0 Å². The van der Waals surface area contributed by atoms with Gasteiger partial charge in [0, 0.05) is 27.6 Å². The van der Waals surface area contributed by atoms with Crippen LogP contribution in [0.2, 0.25) is 0 Å². The first-order valence-electron chi connectivity index (χ1n) is 7.84. The fourth-order valence-corrected chi connectivity index (χ4v) is 3.30. The van der Waals surface area contributed by atoms with Gasteiger partial charge in [-0.2, -0.15) is 15.2 Å². The zero-order valence-corrected chi connectivity index (χ0v) is 15.6. The standard InChI is InChI=1S/C17H17IN6/c1-3-23-9-14(11(2)22-23)16-8-15(12-4-6-13(18)7-5-12)21-17-19-10-20-24(16)17/h4-10,16H,3H2,1-2H3,(H,19,20,21)/t16-/m1/s1. The number of aromatic nitrogens is 5. The minimum Gasteiger partial charge on any atom is -0.324 e. The molecule has 122 valence electrons. The fourth-order valence-electron chi connectivity index (χ4n) is 2.94. The lowest BCUT2D eigenvalue weighted by Crippen LogP contribution is -2.20. The third-order valence-electron chi connectivity index (χ3n) is 4.19. The van der Waals surface area contributed by atoms with Gasteiger partial charge < -0.3 is 5.32 Å². The number of allylic oxidation sites excluding steroid dienone is 1. The van der Waals surface area contributed by atoms with Crippen molar-refractivity contribution >= 4 is 34.2 Å². The van der Waals surface area contributed by atoms with Crippen LogP contribution < -0.4 is 5.32 Å². The zero-order chi connectivity index (χ0) is 16.7. The number of nitrogens with one attached hydrogen (secondary N) is 1. The number of rotatable bonds is 3. The van der Waals surface area contributed by atoms with Crippen LogP contribution in [0.15, 0.2) is 42.9 Å². The van der Waals surface area contributed by atoms with E-state index in [2.05, 4.69) is 86.6 Å². The molecule has 0 amide bonds. The van der Waals surface area contributed by atoms with Crippen molar-refractivity contribution in [1.82, 2.24) is 24.5 Å². The van der Waals surface area contributed by atoms with Crippen LogP contribution in [-0.2, 0) is 6.54 Å². The minimum absolute atomic E-state index is 0.0154. The second-order valence-electron chi connectivity index (χ2n) is 5.71. The largest absolute Gasteiger partial charge is 0.324 e. The maximum atomic E-state index is 4.58. The summed E-state index contributed by atoms with van der Waals surface area (Å²) in [6, 6.07) is 8.43. The molecule has 2 aromatic heterocycles. The molecule has 1 aliphatic heterocycles. The highest BCUT2D eigenvalue weighted by Gasteiger charge is 2.26. The Labute approximate surface area is 153 Å². The third-order valence-corrected chi connectivity index (χ3v) is 4.91. The smallest absolute Gasteiger partial charge is 0.226 e. The maximum Gasteiger partial charge on any atom is 0.226 e. The van der Waals surface area contributed by atoms with E-state index < -0.39 is 0 Å². The molecule has 0 saturated carbocycles. The first-order valence-corrected chi connectivity index (χ1v) is 8.92. The quantitative estimate of drug-likeness (QED) is 0.645. The van der Waals surface area contributed by atoms with E-state index in [1.165, 1.54) is 3.57 Å². The van der Waals surface area contributed by atoms with E-state index in [4.69, 9.17) is 0 Å². The van der Waals surface area contributed by atoms with E-state index in [1.54, 1.807) is 6.33 Å². The first kappa shape index (κ1) is 15.4. The van der Waals surface area contributed by atoms with E-state index >= 15 is 0 Å². The number of aryl methyl sites for hydroxylation is 2. The average molecular weight is 432 g/mol. The summed E-state index contributed by atoms with van der Waals surface area (Å²) in [6.45, 7) is 4.98.